The SMILES string of the molecule is CCOc1ccc(NC(=S)Nc2ccc(OCC)cc2)cc1.[FrH]. The quantitative estimate of drug-likeness (QED) is 0.542. The molecule has 2 rings (SSSR count). The third kappa shape index (κ3) is 7.17. The van der Waals surface area contributed by atoms with E-state index in [0.717, 1.165) is 22.9 Å². The minimum absolute atomic E-state index is 0. The Morgan fingerprint density at radius 2 is 1.13 bits per heavy atom. The van der Waals surface area contributed by atoms with Gasteiger partial charge in [-0.15, -0.1) is 0 Å². The van der Waals surface area contributed by atoms with E-state index in [-0.39, 0.29) is 49.9 Å². The second kappa shape index (κ2) is 11.0. The molecule has 0 unspecified atom stereocenters. The predicted molar refractivity (Wildman–Crippen MR) is 96.5 cm³/mol. The zero-order chi connectivity index (χ0) is 15.8. The van der Waals surface area contributed by atoms with Crippen LogP contribution in [0.25, 0.3) is 0 Å². The van der Waals surface area contributed by atoms with E-state index in [2.05, 4.69) is 10.6 Å². The molecule has 6 heteroatoms. The number of thiocarbonyl (C=S) groups is 1. The number of ether oxygens (including phenoxy) is 2. The summed E-state index contributed by atoms with van der Waals surface area (Å²) in [6.45, 7) is 5.24. The first-order valence-corrected chi connectivity index (χ1v) is 7.65. The Bertz CT molecular complexity index is 549. The molecule has 0 atom stereocenters. The van der Waals surface area contributed by atoms with Crippen molar-refractivity contribution in [1.82, 2.24) is 0 Å². The molecule has 118 valence electrons. The van der Waals surface area contributed by atoms with Crippen LogP contribution in [-0.4, -0.2) is 18.3 Å². The second-order valence-electron chi connectivity index (χ2n) is 4.49. The molecule has 0 aromatic heterocycles. The molecular weight excluding hydrogens is 519 g/mol. The van der Waals surface area contributed by atoms with Gasteiger partial charge in [0, 0.05) is 11.4 Å². The van der Waals surface area contributed by atoms with E-state index >= 15 is 0 Å². The van der Waals surface area contributed by atoms with Gasteiger partial charge in [-0.3, -0.25) is 0 Å². The van der Waals surface area contributed by atoms with Crippen molar-refractivity contribution in [2.45, 2.75) is 13.8 Å². The van der Waals surface area contributed by atoms with Gasteiger partial charge in [0.1, 0.15) is 11.5 Å². The molecule has 2 aromatic rings. The maximum absolute atomic E-state index is 5.40. The van der Waals surface area contributed by atoms with E-state index in [1.165, 1.54) is 0 Å². The van der Waals surface area contributed by atoms with Crippen LogP contribution in [0.15, 0.2) is 48.5 Å². The molecule has 2 aromatic carbocycles. The summed E-state index contributed by atoms with van der Waals surface area (Å²) in [6, 6.07) is 15.3. The van der Waals surface area contributed by atoms with E-state index in [0.29, 0.717) is 18.3 Å². The third-order valence-electron chi connectivity index (χ3n) is 2.85. The number of anilines is 2. The molecule has 0 aliphatic heterocycles. The predicted octanol–water partition coefficient (Wildman–Crippen LogP) is 4.03. The molecule has 0 fully saturated rings. The standard InChI is InChI=1S/C17H20N2O2S.Fr.H/c1-3-20-15-9-5-13(6-10-15)18-17(22)19-14-7-11-16(12-8-14)21-4-2;;/h5-12H,3-4H2,1-2H3,(H2,18,19,22);;. The van der Waals surface area contributed by atoms with Gasteiger partial charge in [0.2, 0.25) is 0 Å². The fourth-order valence-electron chi connectivity index (χ4n) is 1.90. The van der Waals surface area contributed by atoms with Crippen LogP contribution < -0.4 is 20.1 Å². The molecule has 23 heavy (non-hydrogen) atoms. The minimum atomic E-state index is 0. The van der Waals surface area contributed by atoms with Crippen LogP contribution in [0.5, 0.6) is 11.5 Å². The van der Waals surface area contributed by atoms with Gasteiger partial charge in [0.15, 0.2) is 5.11 Å². The molecule has 0 aliphatic carbocycles. The first-order chi connectivity index (χ1) is 10.7. The van der Waals surface area contributed by atoms with E-state index in [1.807, 2.05) is 62.4 Å². The summed E-state index contributed by atoms with van der Waals surface area (Å²) in [7, 11) is 0. The Hall–Kier alpha value is -0.673. The molecule has 0 heterocycles. The summed E-state index contributed by atoms with van der Waals surface area (Å²) in [5, 5.41) is 6.80. The zero-order valence-electron chi connectivity index (χ0n) is 12.8. The van der Waals surface area contributed by atoms with E-state index in [4.69, 9.17) is 21.7 Å². The fourth-order valence-corrected chi connectivity index (χ4v) is 2.13. The molecular formula is C17H21FrN2O2S. The molecule has 0 amide bonds. The molecule has 0 saturated heterocycles. The van der Waals surface area contributed by atoms with Crippen molar-refractivity contribution < 1.29 is 59.3 Å². The summed E-state index contributed by atoms with van der Waals surface area (Å²) < 4.78 is 10.8. The first kappa shape index (κ1) is 20.4. The number of benzene rings is 2. The van der Waals surface area contributed by atoms with Crippen molar-refractivity contribution in [3.05, 3.63) is 48.5 Å². The Morgan fingerprint density at radius 3 is 1.43 bits per heavy atom. The summed E-state index contributed by atoms with van der Waals surface area (Å²) in [5.41, 5.74) is 1.82. The molecule has 0 saturated carbocycles. The van der Waals surface area contributed by atoms with E-state index in [1.54, 1.807) is 0 Å². The average molecular weight is 540 g/mol. The van der Waals surface area contributed by atoms with Crippen molar-refractivity contribution in [2.24, 2.45) is 0 Å². The maximum atomic E-state index is 5.40. The van der Waals surface area contributed by atoms with Gasteiger partial charge >= 0.3 is 49.9 Å². The van der Waals surface area contributed by atoms with Gasteiger partial charge in [-0.1, -0.05) is 0 Å². The van der Waals surface area contributed by atoms with Crippen molar-refractivity contribution in [3.8, 4) is 11.5 Å². The van der Waals surface area contributed by atoms with Gasteiger partial charge < -0.3 is 20.1 Å². The topological polar surface area (TPSA) is 42.5 Å². The van der Waals surface area contributed by atoms with Crippen LogP contribution in [-0.2, 0) is 0 Å². The number of rotatable bonds is 6. The molecule has 0 aliphatic rings. The van der Waals surface area contributed by atoms with Crippen LogP contribution >= 0.6 is 12.2 Å². The van der Waals surface area contributed by atoms with Crippen LogP contribution in [0, 0.1) is 49.9 Å². The Labute approximate surface area is 184 Å². The number of hydrogen-bond acceptors (Lipinski definition) is 3. The second-order valence-corrected chi connectivity index (χ2v) is 4.90. The van der Waals surface area contributed by atoms with Gasteiger partial charge in [-0.2, -0.15) is 0 Å². The van der Waals surface area contributed by atoms with Gasteiger partial charge in [-0.05, 0) is 74.6 Å². The summed E-state index contributed by atoms with van der Waals surface area (Å²) in [5.74, 6) is 1.69. The summed E-state index contributed by atoms with van der Waals surface area (Å²) in [4.78, 5) is 0. The fraction of sp³-hybridized carbons (Fsp3) is 0.235. The summed E-state index contributed by atoms with van der Waals surface area (Å²) in [6.07, 6.45) is 0. The zero-order valence-corrected chi connectivity index (χ0v) is 13.6. The molecule has 0 bridgehead atoms. The Morgan fingerprint density at radius 1 is 0.783 bits per heavy atom. The number of hydrogen-bond donors (Lipinski definition) is 2. The van der Waals surface area contributed by atoms with Crippen molar-refractivity contribution in [2.75, 3.05) is 23.8 Å². The molecule has 4 nitrogen and oxygen atoms in total. The summed E-state index contributed by atoms with van der Waals surface area (Å²) >= 11 is 5.30. The molecule has 0 radical (unpaired) electrons. The monoisotopic (exact) mass is 540 g/mol. The van der Waals surface area contributed by atoms with Crippen LogP contribution in [0.4, 0.5) is 11.4 Å². The van der Waals surface area contributed by atoms with Gasteiger partial charge in [0.25, 0.3) is 0 Å². The normalized spacial score (nSPS) is 9.48. The first-order valence-electron chi connectivity index (χ1n) is 7.25. The van der Waals surface area contributed by atoms with Crippen LogP contribution in [0.3, 0.4) is 0 Å². The third-order valence-corrected chi connectivity index (χ3v) is 3.05. The van der Waals surface area contributed by atoms with Crippen molar-refractivity contribution in [1.29, 1.82) is 0 Å². The van der Waals surface area contributed by atoms with Crippen molar-refractivity contribution in [3.63, 3.8) is 0 Å². The van der Waals surface area contributed by atoms with Crippen LogP contribution in [0.1, 0.15) is 13.8 Å². The van der Waals surface area contributed by atoms with Gasteiger partial charge in [0.05, 0.1) is 13.2 Å². The Kier molecular flexibility index (Phi) is 9.73. The Balaban J connectivity index is 0.00000264. The van der Waals surface area contributed by atoms with E-state index in [9.17, 15) is 0 Å². The van der Waals surface area contributed by atoms with Crippen molar-refractivity contribution >= 4 is 28.7 Å². The molecule has 0 spiro atoms. The average Bonchev–Trinajstić information content (AvgIpc) is 2.52. The van der Waals surface area contributed by atoms with Gasteiger partial charge in [-0.25, -0.2) is 0 Å². The van der Waals surface area contributed by atoms with E-state index < -0.39 is 0 Å². The molecule has 2 N–H and O–H groups in total. The number of nitrogens with one attached hydrogen (secondary N) is 2. The van der Waals surface area contributed by atoms with Crippen LogP contribution in [0.2, 0.25) is 0 Å².